The molecular formula is C15H21NO4. The summed E-state index contributed by atoms with van der Waals surface area (Å²) < 4.78 is 10.7. The van der Waals surface area contributed by atoms with Crippen molar-refractivity contribution in [1.29, 1.82) is 0 Å². The smallest absolute Gasteiger partial charge is 0.250 e. The molecule has 0 saturated heterocycles. The van der Waals surface area contributed by atoms with Gasteiger partial charge in [0.05, 0.1) is 25.0 Å². The SMILES string of the molecule is COc1ccccc1NC(=O)COC1CCC(O)CC1. The molecule has 20 heavy (non-hydrogen) atoms. The van der Waals surface area contributed by atoms with Crippen molar-refractivity contribution in [1.82, 2.24) is 0 Å². The van der Waals surface area contributed by atoms with E-state index < -0.39 is 0 Å². The summed E-state index contributed by atoms with van der Waals surface area (Å²) in [6.07, 6.45) is 2.98. The molecule has 2 N–H and O–H groups in total. The quantitative estimate of drug-likeness (QED) is 0.864. The van der Waals surface area contributed by atoms with E-state index in [-0.39, 0.29) is 24.7 Å². The summed E-state index contributed by atoms with van der Waals surface area (Å²) >= 11 is 0. The van der Waals surface area contributed by atoms with E-state index in [0.29, 0.717) is 11.4 Å². The van der Waals surface area contributed by atoms with Crippen molar-refractivity contribution in [3.8, 4) is 5.75 Å². The monoisotopic (exact) mass is 279 g/mol. The molecule has 1 amide bonds. The van der Waals surface area contributed by atoms with Crippen LogP contribution in [0.2, 0.25) is 0 Å². The lowest BCUT2D eigenvalue weighted by Gasteiger charge is -2.25. The average Bonchev–Trinajstić information content (AvgIpc) is 2.47. The van der Waals surface area contributed by atoms with Gasteiger partial charge in [0.1, 0.15) is 12.4 Å². The third-order valence-electron chi connectivity index (χ3n) is 3.47. The van der Waals surface area contributed by atoms with Crippen LogP contribution in [-0.4, -0.2) is 36.9 Å². The van der Waals surface area contributed by atoms with Gasteiger partial charge in [-0.05, 0) is 37.8 Å². The second-order valence-electron chi connectivity index (χ2n) is 4.99. The minimum atomic E-state index is -0.211. The topological polar surface area (TPSA) is 67.8 Å². The van der Waals surface area contributed by atoms with Crippen molar-refractivity contribution in [3.63, 3.8) is 0 Å². The van der Waals surface area contributed by atoms with Gasteiger partial charge in [0.25, 0.3) is 0 Å². The molecule has 1 fully saturated rings. The van der Waals surface area contributed by atoms with Crippen molar-refractivity contribution in [2.75, 3.05) is 19.0 Å². The number of nitrogens with one attached hydrogen (secondary N) is 1. The van der Waals surface area contributed by atoms with Gasteiger partial charge in [-0.3, -0.25) is 4.79 Å². The number of hydrogen-bond acceptors (Lipinski definition) is 4. The highest BCUT2D eigenvalue weighted by Gasteiger charge is 2.20. The lowest BCUT2D eigenvalue weighted by molar-refractivity contribution is -0.123. The van der Waals surface area contributed by atoms with Crippen molar-refractivity contribution < 1.29 is 19.4 Å². The van der Waals surface area contributed by atoms with Crippen LogP contribution >= 0.6 is 0 Å². The van der Waals surface area contributed by atoms with Crippen LogP contribution in [0.25, 0.3) is 0 Å². The third kappa shape index (κ3) is 4.21. The van der Waals surface area contributed by atoms with Crippen LogP contribution in [0.4, 0.5) is 5.69 Å². The number of aliphatic hydroxyl groups excluding tert-OH is 1. The molecule has 2 rings (SSSR count). The number of anilines is 1. The maximum Gasteiger partial charge on any atom is 0.250 e. The molecule has 1 aliphatic rings. The number of rotatable bonds is 5. The number of benzene rings is 1. The molecule has 0 aliphatic heterocycles. The fourth-order valence-electron chi connectivity index (χ4n) is 2.34. The molecule has 0 unspecified atom stereocenters. The molecule has 0 atom stereocenters. The molecule has 110 valence electrons. The molecule has 5 nitrogen and oxygen atoms in total. The van der Waals surface area contributed by atoms with Crippen LogP contribution in [0.1, 0.15) is 25.7 Å². The molecule has 1 saturated carbocycles. The Morgan fingerprint density at radius 1 is 1.30 bits per heavy atom. The van der Waals surface area contributed by atoms with E-state index in [4.69, 9.17) is 9.47 Å². The lowest BCUT2D eigenvalue weighted by atomic mass is 9.95. The van der Waals surface area contributed by atoms with Gasteiger partial charge in [0.2, 0.25) is 5.91 Å². The van der Waals surface area contributed by atoms with E-state index in [2.05, 4.69) is 5.32 Å². The lowest BCUT2D eigenvalue weighted by Crippen LogP contribution is -2.28. The van der Waals surface area contributed by atoms with Crippen molar-refractivity contribution in [2.24, 2.45) is 0 Å². The Hall–Kier alpha value is -1.59. The van der Waals surface area contributed by atoms with E-state index in [1.54, 1.807) is 19.2 Å². The average molecular weight is 279 g/mol. The van der Waals surface area contributed by atoms with Gasteiger partial charge in [-0.15, -0.1) is 0 Å². The Labute approximate surface area is 118 Å². The van der Waals surface area contributed by atoms with Crippen molar-refractivity contribution in [2.45, 2.75) is 37.9 Å². The Bertz CT molecular complexity index is 441. The number of amides is 1. The summed E-state index contributed by atoms with van der Waals surface area (Å²) in [7, 11) is 1.56. The van der Waals surface area contributed by atoms with Gasteiger partial charge in [-0.1, -0.05) is 12.1 Å². The van der Waals surface area contributed by atoms with Crippen LogP contribution in [0.15, 0.2) is 24.3 Å². The fourth-order valence-corrected chi connectivity index (χ4v) is 2.34. The Morgan fingerprint density at radius 3 is 2.70 bits per heavy atom. The number of aliphatic hydroxyl groups is 1. The summed E-state index contributed by atoms with van der Waals surface area (Å²) in [5.41, 5.74) is 0.641. The Kier molecular flexibility index (Phi) is 5.38. The first-order valence-corrected chi connectivity index (χ1v) is 6.91. The number of para-hydroxylation sites is 2. The van der Waals surface area contributed by atoms with Gasteiger partial charge in [0.15, 0.2) is 0 Å². The van der Waals surface area contributed by atoms with Crippen LogP contribution in [0, 0.1) is 0 Å². The first-order valence-electron chi connectivity index (χ1n) is 6.91. The van der Waals surface area contributed by atoms with Crippen LogP contribution in [-0.2, 0) is 9.53 Å². The molecule has 0 radical (unpaired) electrons. The predicted molar refractivity (Wildman–Crippen MR) is 75.8 cm³/mol. The molecule has 1 aromatic carbocycles. The predicted octanol–water partition coefficient (Wildman–Crippen LogP) is 1.95. The van der Waals surface area contributed by atoms with Gasteiger partial charge < -0.3 is 19.9 Å². The summed E-state index contributed by atoms with van der Waals surface area (Å²) in [5.74, 6) is 0.433. The Morgan fingerprint density at radius 2 is 2.00 bits per heavy atom. The molecule has 1 aromatic rings. The van der Waals surface area contributed by atoms with E-state index in [1.165, 1.54) is 0 Å². The van der Waals surface area contributed by atoms with E-state index in [1.807, 2.05) is 12.1 Å². The van der Waals surface area contributed by atoms with E-state index >= 15 is 0 Å². The van der Waals surface area contributed by atoms with Crippen LogP contribution in [0.5, 0.6) is 5.75 Å². The molecule has 0 heterocycles. The van der Waals surface area contributed by atoms with Gasteiger partial charge in [0, 0.05) is 0 Å². The summed E-state index contributed by atoms with van der Waals surface area (Å²) in [5, 5.41) is 12.2. The fraction of sp³-hybridized carbons (Fsp3) is 0.533. The number of hydrogen-bond donors (Lipinski definition) is 2. The normalized spacial score (nSPS) is 22.3. The Balaban J connectivity index is 1.78. The zero-order valence-electron chi connectivity index (χ0n) is 11.7. The van der Waals surface area contributed by atoms with Crippen LogP contribution < -0.4 is 10.1 Å². The summed E-state index contributed by atoms with van der Waals surface area (Å²) in [4.78, 5) is 11.8. The molecule has 0 spiro atoms. The minimum Gasteiger partial charge on any atom is -0.495 e. The number of ether oxygens (including phenoxy) is 2. The van der Waals surface area contributed by atoms with E-state index in [9.17, 15) is 9.90 Å². The molecule has 5 heteroatoms. The minimum absolute atomic E-state index is 0.0266. The first-order chi connectivity index (χ1) is 9.69. The maximum atomic E-state index is 11.8. The van der Waals surface area contributed by atoms with Crippen LogP contribution in [0.3, 0.4) is 0 Å². The van der Waals surface area contributed by atoms with Gasteiger partial charge >= 0.3 is 0 Å². The molecule has 1 aliphatic carbocycles. The molecular weight excluding hydrogens is 258 g/mol. The number of carbonyl (C=O) groups excluding carboxylic acids is 1. The molecule has 0 aromatic heterocycles. The first kappa shape index (κ1) is 14.8. The zero-order valence-corrected chi connectivity index (χ0v) is 11.7. The summed E-state index contributed by atoms with van der Waals surface area (Å²) in [6.45, 7) is 0.0266. The van der Waals surface area contributed by atoms with Crippen molar-refractivity contribution in [3.05, 3.63) is 24.3 Å². The second-order valence-corrected chi connectivity index (χ2v) is 4.99. The zero-order chi connectivity index (χ0) is 14.4. The summed E-state index contributed by atoms with van der Waals surface area (Å²) in [6, 6.07) is 7.26. The van der Waals surface area contributed by atoms with E-state index in [0.717, 1.165) is 25.7 Å². The van der Waals surface area contributed by atoms with Gasteiger partial charge in [-0.25, -0.2) is 0 Å². The second kappa shape index (κ2) is 7.26. The standard InChI is InChI=1S/C15H21NO4/c1-19-14-5-3-2-4-13(14)16-15(18)10-20-12-8-6-11(17)7-9-12/h2-5,11-12,17H,6-10H2,1H3,(H,16,18). The largest absolute Gasteiger partial charge is 0.495 e. The highest BCUT2D eigenvalue weighted by Crippen LogP contribution is 2.23. The maximum absolute atomic E-state index is 11.8. The number of methoxy groups -OCH3 is 1. The van der Waals surface area contributed by atoms with Gasteiger partial charge in [-0.2, -0.15) is 0 Å². The third-order valence-corrected chi connectivity index (χ3v) is 3.47. The highest BCUT2D eigenvalue weighted by molar-refractivity contribution is 5.93. The highest BCUT2D eigenvalue weighted by atomic mass is 16.5. The molecule has 0 bridgehead atoms. The number of carbonyl (C=O) groups is 1. The van der Waals surface area contributed by atoms with Crippen molar-refractivity contribution >= 4 is 11.6 Å².